The molecule has 4 rings (SSSR count). The van der Waals surface area contributed by atoms with E-state index in [0.717, 1.165) is 7.14 Å². The Morgan fingerprint density at radius 1 is 0.833 bits per heavy atom. The fourth-order valence-corrected chi connectivity index (χ4v) is 3.06. The van der Waals surface area contributed by atoms with Crippen molar-refractivity contribution in [3.05, 3.63) is 79.7 Å². The molecule has 0 aliphatic heterocycles. The van der Waals surface area contributed by atoms with Crippen LogP contribution < -0.4 is 5.73 Å². The van der Waals surface area contributed by atoms with Gasteiger partial charge < -0.3 is 10.8 Å². The second kappa shape index (κ2) is 9.75. The number of halogens is 2. The second-order valence-electron chi connectivity index (χ2n) is 5.63. The lowest BCUT2D eigenvalue weighted by Crippen LogP contribution is -2.12. The van der Waals surface area contributed by atoms with Crippen molar-refractivity contribution in [3.8, 4) is 11.6 Å². The molecular formula is C18H13I2N7O3. The van der Waals surface area contributed by atoms with Gasteiger partial charge in [0.2, 0.25) is 0 Å². The van der Waals surface area contributed by atoms with Gasteiger partial charge in [0.1, 0.15) is 5.69 Å². The lowest BCUT2D eigenvalue weighted by Gasteiger charge is -1.99. The van der Waals surface area contributed by atoms with Crippen molar-refractivity contribution in [3.63, 3.8) is 0 Å². The number of rotatable bonds is 4. The summed E-state index contributed by atoms with van der Waals surface area (Å²) in [4.78, 5) is 29.7. The Balaban J connectivity index is 0.000000171. The standard InChI is InChI=1S/C9H7IN4O.C9H6IN3O2/c10-6-1-3-12-8(5-6)14-4-2-7(13-14)9(11)15;10-6-1-3-11-8(5-6)13-4-2-7(12-13)9(14)15/h1-5H,(H2,11,15);1-5H,(H,14,15). The van der Waals surface area contributed by atoms with Gasteiger partial charge in [0.25, 0.3) is 5.91 Å². The van der Waals surface area contributed by atoms with Crippen LogP contribution in [-0.2, 0) is 0 Å². The van der Waals surface area contributed by atoms with Gasteiger partial charge in [0.05, 0.1) is 0 Å². The number of carbonyl (C=O) groups excluding carboxylic acids is 1. The molecule has 0 bridgehead atoms. The Kier molecular flexibility index (Phi) is 7.09. The molecule has 0 aliphatic carbocycles. The third kappa shape index (κ3) is 5.59. The van der Waals surface area contributed by atoms with Gasteiger partial charge in [-0.2, -0.15) is 10.2 Å². The SMILES string of the molecule is NC(=O)c1ccn(-c2cc(I)ccn2)n1.O=C(O)c1ccn(-c2cc(I)ccn2)n1. The van der Waals surface area contributed by atoms with Crippen LogP contribution in [0.4, 0.5) is 0 Å². The third-order valence-electron chi connectivity index (χ3n) is 3.53. The number of carboxylic acid groups (broad SMARTS) is 1. The number of aromatic carboxylic acids is 1. The molecule has 10 nitrogen and oxygen atoms in total. The number of pyridine rings is 2. The van der Waals surface area contributed by atoms with Crippen LogP contribution in [0.2, 0.25) is 0 Å². The second-order valence-corrected chi connectivity index (χ2v) is 8.12. The van der Waals surface area contributed by atoms with Gasteiger partial charge in [0, 0.05) is 31.9 Å². The van der Waals surface area contributed by atoms with E-state index in [9.17, 15) is 9.59 Å². The first-order valence-electron chi connectivity index (χ1n) is 8.22. The van der Waals surface area contributed by atoms with Crippen molar-refractivity contribution >= 4 is 57.1 Å². The molecule has 0 saturated carbocycles. The van der Waals surface area contributed by atoms with Crippen molar-refractivity contribution in [2.45, 2.75) is 0 Å². The summed E-state index contributed by atoms with van der Waals surface area (Å²) in [6, 6.07) is 10.4. The van der Waals surface area contributed by atoms with Crippen molar-refractivity contribution < 1.29 is 14.7 Å². The Labute approximate surface area is 197 Å². The number of nitrogens with two attached hydrogens (primary N) is 1. The fraction of sp³-hybridized carbons (Fsp3) is 0. The number of aromatic nitrogens is 6. The van der Waals surface area contributed by atoms with Crippen LogP contribution in [0.5, 0.6) is 0 Å². The molecule has 0 unspecified atom stereocenters. The zero-order chi connectivity index (χ0) is 21.7. The van der Waals surface area contributed by atoms with E-state index in [1.165, 1.54) is 15.4 Å². The molecule has 30 heavy (non-hydrogen) atoms. The lowest BCUT2D eigenvalue weighted by atomic mass is 10.4. The van der Waals surface area contributed by atoms with Crippen LogP contribution in [0, 0.1) is 7.14 Å². The summed E-state index contributed by atoms with van der Waals surface area (Å²) >= 11 is 4.33. The van der Waals surface area contributed by atoms with Crippen LogP contribution >= 0.6 is 45.2 Å². The molecule has 152 valence electrons. The number of carboxylic acids is 1. The highest BCUT2D eigenvalue weighted by atomic mass is 127. The van der Waals surface area contributed by atoms with Crippen LogP contribution in [0.25, 0.3) is 11.6 Å². The zero-order valence-corrected chi connectivity index (χ0v) is 19.4. The lowest BCUT2D eigenvalue weighted by molar-refractivity contribution is 0.0689. The van der Waals surface area contributed by atoms with E-state index in [1.807, 2.05) is 24.3 Å². The van der Waals surface area contributed by atoms with Crippen molar-refractivity contribution in [1.29, 1.82) is 0 Å². The van der Waals surface area contributed by atoms with Gasteiger partial charge in [0.15, 0.2) is 17.3 Å². The number of nitrogens with zero attached hydrogens (tertiary/aromatic N) is 6. The maximum absolute atomic E-state index is 10.8. The first-order chi connectivity index (χ1) is 14.3. The number of hydrogen-bond acceptors (Lipinski definition) is 6. The van der Waals surface area contributed by atoms with E-state index in [-0.39, 0.29) is 11.4 Å². The third-order valence-corrected chi connectivity index (χ3v) is 4.88. The minimum Gasteiger partial charge on any atom is -0.476 e. The van der Waals surface area contributed by atoms with Gasteiger partial charge in [-0.25, -0.2) is 24.1 Å². The van der Waals surface area contributed by atoms with Gasteiger partial charge in [-0.05, 0) is 81.6 Å². The molecule has 0 radical (unpaired) electrons. The summed E-state index contributed by atoms with van der Waals surface area (Å²) in [7, 11) is 0. The molecule has 0 saturated heterocycles. The van der Waals surface area contributed by atoms with Gasteiger partial charge in [-0.15, -0.1) is 0 Å². The molecule has 0 spiro atoms. The molecule has 1 amide bonds. The predicted molar refractivity (Wildman–Crippen MR) is 124 cm³/mol. The molecule has 3 N–H and O–H groups in total. The van der Waals surface area contributed by atoms with Crippen LogP contribution in [0.3, 0.4) is 0 Å². The van der Waals surface area contributed by atoms with Crippen molar-refractivity contribution in [2.24, 2.45) is 5.73 Å². The average Bonchev–Trinajstić information content (AvgIpc) is 3.39. The minimum atomic E-state index is -1.04. The highest BCUT2D eigenvalue weighted by molar-refractivity contribution is 14.1. The monoisotopic (exact) mass is 629 g/mol. The summed E-state index contributed by atoms with van der Waals surface area (Å²) in [5.41, 5.74) is 5.34. The van der Waals surface area contributed by atoms with Crippen molar-refractivity contribution in [2.75, 3.05) is 0 Å². The van der Waals surface area contributed by atoms with Gasteiger partial charge in [-0.1, -0.05) is 0 Å². The summed E-state index contributed by atoms with van der Waals surface area (Å²) in [5, 5.41) is 16.6. The highest BCUT2D eigenvalue weighted by Gasteiger charge is 2.08. The van der Waals surface area contributed by atoms with Crippen LogP contribution in [-0.4, -0.2) is 46.5 Å². The highest BCUT2D eigenvalue weighted by Crippen LogP contribution is 2.10. The molecule has 0 atom stereocenters. The van der Waals surface area contributed by atoms with E-state index < -0.39 is 11.9 Å². The Hall–Kier alpha value is -2.88. The fourth-order valence-electron chi connectivity index (χ4n) is 2.19. The molecule has 4 aromatic heterocycles. The summed E-state index contributed by atoms with van der Waals surface area (Å²) in [6.07, 6.45) is 6.56. The average molecular weight is 629 g/mol. The first-order valence-corrected chi connectivity index (χ1v) is 10.4. The molecule has 0 aromatic carbocycles. The van der Waals surface area contributed by atoms with E-state index in [0.29, 0.717) is 11.6 Å². The quantitative estimate of drug-likeness (QED) is 0.331. The maximum atomic E-state index is 10.8. The largest absolute Gasteiger partial charge is 0.476 e. The summed E-state index contributed by atoms with van der Waals surface area (Å²) in [6.45, 7) is 0. The van der Waals surface area contributed by atoms with Crippen LogP contribution in [0.15, 0.2) is 61.2 Å². The Bertz CT molecular complexity index is 1110. The van der Waals surface area contributed by atoms with E-state index in [4.69, 9.17) is 10.8 Å². The molecule has 4 aromatic rings. The summed E-state index contributed by atoms with van der Waals surface area (Å²) in [5.74, 6) is -0.317. The maximum Gasteiger partial charge on any atom is 0.356 e. The van der Waals surface area contributed by atoms with Crippen LogP contribution in [0.1, 0.15) is 21.0 Å². The Morgan fingerprint density at radius 3 is 1.67 bits per heavy atom. The normalized spacial score (nSPS) is 10.2. The van der Waals surface area contributed by atoms with E-state index in [1.54, 1.807) is 30.9 Å². The van der Waals surface area contributed by atoms with Gasteiger partial charge in [-0.3, -0.25) is 4.79 Å². The number of hydrogen-bond donors (Lipinski definition) is 2. The zero-order valence-electron chi connectivity index (χ0n) is 15.1. The van der Waals surface area contributed by atoms with E-state index in [2.05, 4.69) is 65.3 Å². The topological polar surface area (TPSA) is 142 Å². The molecular weight excluding hydrogens is 616 g/mol. The predicted octanol–water partition coefficient (Wildman–Crippen LogP) is 2.54. The molecule has 0 fully saturated rings. The van der Waals surface area contributed by atoms with Gasteiger partial charge >= 0.3 is 5.97 Å². The summed E-state index contributed by atoms with van der Waals surface area (Å²) < 4.78 is 5.02. The smallest absolute Gasteiger partial charge is 0.356 e. The first kappa shape index (κ1) is 21.8. The van der Waals surface area contributed by atoms with Crippen molar-refractivity contribution in [1.82, 2.24) is 29.5 Å². The number of primary amides is 1. The molecule has 12 heteroatoms. The van der Waals surface area contributed by atoms with E-state index >= 15 is 0 Å². The number of carbonyl (C=O) groups is 2. The Morgan fingerprint density at radius 2 is 1.30 bits per heavy atom. The molecule has 4 heterocycles. The minimum absolute atomic E-state index is 0.00987. The number of amides is 1. The molecule has 0 aliphatic rings.